The van der Waals surface area contributed by atoms with Crippen molar-refractivity contribution < 1.29 is 14.6 Å². The van der Waals surface area contributed by atoms with Crippen molar-refractivity contribution in [2.45, 2.75) is 33.7 Å². The molecule has 1 amide bonds. The topological polar surface area (TPSA) is 88.7 Å². The van der Waals surface area contributed by atoms with Crippen LogP contribution in [0.2, 0.25) is 0 Å². The summed E-state index contributed by atoms with van der Waals surface area (Å²) in [5, 5.41) is 14.0. The molecule has 1 heterocycles. The summed E-state index contributed by atoms with van der Waals surface area (Å²) in [5.74, 6) is 1.20. The van der Waals surface area contributed by atoms with Gasteiger partial charge in [-0.3, -0.25) is 4.79 Å². The minimum absolute atomic E-state index is 0.0357. The number of aryl methyl sites for hydroxylation is 2. The highest BCUT2D eigenvalue weighted by Crippen LogP contribution is 2.22. The normalized spacial score (nSPS) is 11.2. The van der Waals surface area contributed by atoms with Crippen LogP contribution in [0.15, 0.2) is 41.5 Å². The maximum absolute atomic E-state index is 12.4. The van der Waals surface area contributed by atoms with Gasteiger partial charge in [0.05, 0.1) is 23.9 Å². The molecule has 0 saturated carbocycles. The van der Waals surface area contributed by atoms with Gasteiger partial charge in [-0.25, -0.2) is 10.4 Å². The van der Waals surface area contributed by atoms with Crippen LogP contribution in [0.5, 0.6) is 11.5 Å². The van der Waals surface area contributed by atoms with Crippen molar-refractivity contribution in [1.29, 1.82) is 0 Å². The molecule has 0 unspecified atom stereocenters. The molecular formula is C21H24N4O3. The zero-order valence-electron chi connectivity index (χ0n) is 16.3. The molecule has 1 aromatic heterocycles. The van der Waals surface area contributed by atoms with Crippen LogP contribution in [0.25, 0.3) is 11.0 Å². The Kier molecular flexibility index (Phi) is 5.93. The number of carbonyl (C=O) groups excluding carboxylic acids is 1. The van der Waals surface area contributed by atoms with Crippen LogP contribution in [0.4, 0.5) is 0 Å². The van der Waals surface area contributed by atoms with E-state index in [1.54, 1.807) is 24.3 Å². The molecule has 28 heavy (non-hydrogen) atoms. The summed E-state index contributed by atoms with van der Waals surface area (Å²) in [4.78, 5) is 16.9. The first-order chi connectivity index (χ1) is 13.5. The van der Waals surface area contributed by atoms with Gasteiger partial charge in [0.25, 0.3) is 5.91 Å². The first-order valence-electron chi connectivity index (χ1n) is 9.29. The second kappa shape index (κ2) is 8.56. The number of carbonyl (C=O) groups is 1. The number of nitrogens with zero attached hydrogens (tertiary/aromatic N) is 3. The van der Waals surface area contributed by atoms with Gasteiger partial charge in [0.15, 0.2) is 0 Å². The van der Waals surface area contributed by atoms with E-state index in [1.165, 1.54) is 12.3 Å². The van der Waals surface area contributed by atoms with E-state index in [9.17, 15) is 9.90 Å². The van der Waals surface area contributed by atoms with Gasteiger partial charge in [-0.15, -0.1) is 0 Å². The number of ether oxygens (including phenoxy) is 1. The molecule has 3 aromatic rings. The van der Waals surface area contributed by atoms with E-state index in [1.807, 2.05) is 19.9 Å². The molecule has 0 spiro atoms. The first kappa shape index (κ1) is 19.4. The number of imidazole rings is 1. The molecule has 7 heteroatoms. The summed E-state index contributed by atoms with van der Waals surface area (Å²) in [6.07, 6.45) is 2.28. The molecule has 0 radical (unpaired) electrons. The van der Waals surface area contributed by atoms with E-state index in [2.05, 4.69) is 27.0 Å². The van der Waals surface area contributed by atoms with Gasteiger partial charge in [0.2, 0.25) is 0 Å². The zero-order valence-corrected chi connectivity index (χ0v) is 16.3. The lowest BCUT2D eigenvalue weighted by Crippen LogP contribution is -2.17. The fourth-order valence-electron chi connectivity index (χ4n) is 2.96. The summed E-state index contributed by atoms with van der Waals surface area (Å²) in [6.45, 7) is 7.42. The number of aromatic hydroxyl groups is 1. The molecule has 146 valence electrons. The number of fused-ring (bicyclic) bond motifs is 1. The van der Waals surface area contributed by atoms with E-state index in [-0.39, 0.29) is 11.7 Å². The minimum atomic E-state index is -0.343. The van der Waals surface area contributed by atoms with Crippen LogP contribution in [0.3, 0.4) is 0 Å². The van der Waals surface area contributed by atoms with Crippen LogP contribution < -0.4 is 10.2 Å². The number of amides is 1. The summed E-state index contributed by atoms with van der Waals surface area (Å²) in [5.41, 5.74) is 5.20. The summed E-state index contributed by atoms with van der Waals surface area (Å²) in [7, 11) is 0. The second-order valence-electron chi connectivity index (χ2n) is 6.37. The lowest BCUT2D eigenvalue weighted by Gasteiger charge is -2.06. The number of aromatic nitrogens is 2. The molecule has 0 aliphatic heterocycles. The molecule has 0 aliphatic carbocycles. The summed E-state index contributed by atoms with van der Waals surface area (Å²) < 4.78 is 7.55. The maximum atomic E-state index is 12.4. The van der Waals surface area contributed by atoms with Gasteiger partial charge < -0.3 is 14.4 Å². The van der Waals surface area contributed by atoms with Crippen LogP contribution >= 0.6 is 0 Å². The quantitative estimate of drug-likeness (QED) is 0.484. The Morgan fingerprint density at radius 2 is 2.11 bits per heavy atom. The first-order valence-corrected chi connectivity index (χ1v) is 9.29. The van der Waals surface area contributed by atoms with Crippen molar-refractivity contribution >= 4 is 23.2 Å². The van der Waals surface area contributed by atoms with Gasteiger partial charge in [0, 0.05) is 23.7 Å². The second-order valence-corrected chi connectivity index (χ2v) is 6.37. The molecule has 7 nitrogen and oxygen atoms in total. The monoisotopic (exact) mass is 380 g/mol. The molecule has 3 rings (SSSR count). The fourth-order valence-corrected chi connectivity index (χ4v) is 2.96. The van der Waals surface area contributed by atoms with Gasteiger partial charge in [-0.2, -0.15) is 5.10 Å². The Bertz CT molecular complexity index is 1020. The number of benzene rings is 2. The highest BCUT2D eigenvalue weighted by molar-refractivity contribution is 5.98. The molecular weight excluding hydrogens is 356 g/mol. The largest absolute Gasteiger partial charge is 0.507 e. The number of phenols is 1. The van der Waals surface area contributed by atoms with Crippen molar-refractivity contribution in [3.63, 3.8) is 0 Å². The SMILES string of the molecule is CCCOc1ccc(C=NNC(=O)c2ccc3c(c2)nc(C)n3CC)c(O)c1. The Balaban J connectivity index is 1.69. The van der Waals surface area contributed by atoms with Crippen molar-refractivity contribution in [2.75, 3.05) is 6.61 Å². The van der Waals surface area contributed by atoms with Crippen LogP contribution in [0.1, 0.15) is 42.0 Å². The van der Waals surface area contributed by atoms with Gasteiger partial charge in [-0.05, 0) is 50.6 Å². The Morgan fingerprint density at radius 1 is 1.29 bits per heavy atom. The summed E-state index contributed by atoms with van der Waals surface area (Å²) in [6, 6.07) is 10.3. The molecule has 0 aliphatic rings. The van der Waals surface area contributed by atoms with Gasteiger partial charge >= 0.3 is 0 Å². The van der Waals surface area contributed by atoms with Crippen molar-refractivity contribution in [2.24, 2.45) is 5.10 Å². The number of hydrogen-bond donors (Lipinski definition) is 2. The lowest BCUT2D eigenvalue weighted by molar-refractivity contribution is 0.0955. The lowest BCUT2D eigenvalue weighted by atomic mass is 10.2. The minimum Gasteiger partial charge on any atom is -0.507 e. The number of phenolic OH excluding ortho intramolecular Hbond substituents is 1. The molecule has 0 bridgehead atoms. The number of nitrogens with one attached hydrogen (secondary N) is 1. The van der Waals surface area contributed by atoms with Crippen LogP contribution in [-0.2, 0) is 6.54 Å². The number of hydrogen-bond acceptors (Lipinski definition) is 5. The predicted molar refractivity (Wildman–Crippen MR) is 109 cm³/mol. The van der Waals surface area contributed by atoms with Crippen molar-refractivity contribution in [3.8, 4) is 11.5 Å². The van der Waals surface area contributed by atoms with Gasteiger partial charge in [-0.1, -0.05) is 6.92 Å². The van der Waals surface area contributed by atoms with Gasteiger partial charge in [0.1, 0.15) is 17.3 Å². The van der Waals surface area contributed by atoms with E-state index in [4.69, 9.17) is 4.74 Å². The van der Waals surface area contributed by atoms with Crippen molar-refractivity contribution in [1.82, 2.24) is 15.0 Å². The highest BCUT2D eigenvalue weighted by atomic mass is 16.5. The molecule has 0 atom stereocenters. The average Bonchev–Trinajstić information content (AvgIpc) is 3.01. The predicted octanol–water partition coefficient (Wildman–Crippen LogP) is 3.62. The Morgan fingerprint density at radius 3 is 2.82 bits per heavy atom. The number of rotatable bonds is 7. The maximum Gasteiger partial charge on any atom is 0.271 e. The Labute approximate surface area is 163 Å². The third-order valence-electron chi connectivity index (χ3n) is 4.36. The molecule has 2 N–H and O–H groups in total. The van der Waals surface area contributed by atoms with E-state index in [0.717, 1.165) is 29.8 Å². The number of hydrazone groups is 1. The van der Waals surface area contributed by atoms with Crippen molar-refractivity contribution in [3.05, 3.63) is 53.3 Å². The molecule has 2 aromatic carbocycles. The van der Waals surface area contributed by atoms with E-state index < -0.39 is 0 Å². The highest BCUT2D eigenvalue weighted by Gasteiger charge is 2.10. The molecule has 0 saturated heterocycles. The Hall–Kier alpha value is -3.35. The standard InChI is InChI=1S/C21H24N4O3/c1-4-10-28-17-8-6-16(20(26)12-17)13-22-24-21(27)15-7-9-19-18(11-15)23-14(3)25(19)5-2/h6-9,11-13,26H,4-5,10H2,1-3H3,(H,24,27). The average molecular weight is 380 g/mol. The third kappa shape index (κ3) is 4.14. The van der Waals surface area contributed by atoms with Crippen LogP contribution in [0, 0.1) is 6.92 Å². The van der Waals surface area contributed by atoms with Crippen LogP contribution in [-0.4, -0.2) is 33.4 Å². The van der Waals surface area contributed by atoms with E-state index >= 15 is 0 Å². The third-order valence-corrected chi connectivity index (χ3v) is 4.36. The summed E-state index contributed by atoms with van der Waals surface area (Å²) >= 11 is 0. The zero-order chi connectivity index (χ0) is 20.1. The fraction of sp³-hybridized carbons (Fsp3) is 0.286. The molecule has 0 fully saturated rings. The smallest absolute Gasteiger partial charge is 0.271 e. The van der Waals surface area contributed by atoms with E-state index in [0.29, 0.717) is 23.5 Å².